The van der Waals surface area contributed by atoms with Gasteiger partial charge in [0.05, 0.1) is 6.10 Å². The number of rotatable bonds is 1. The summed E-state index contributed by atoms with van der Waals surface area (Å²) in [5.41, 5.74) is 0. The number of aliphatic hydroxyl groups excluding tert-OH is 1. The molecule has 1 aliphatic rings. The Hall–Kier alpha value is 0.210. The molecular formula is C7H16ClNO. The molecular weight excluding hydrogens is 150 g/mol. The molecule has 10 heavy (non-hydrogen) atoms. The first-order chi connectivity index (χ1) is 4.33. The smallest absolute Gasteiger partial charge is 0.0555 e. The van der Waals surface area contributed by atoms with E-state index < -0.39 is 0 Å². The molecule has 0 aromatic carbocycles. The van der Waals surface area contributed by atoms with Gasteiger partial charge in [-0.1, -0.05) is 0 Å². The Morgan fingerprint density at radius 3 is 2.50 bits per heavy atom. The first-order valence-corrected chi connectivity index (χ1v) is 3.68. The van der Waals surface area contributed by atoms with Crippen molar-refractivity contribution in [3.63, 3.8) is 0 Å². The second-order valence-electron chi connectivity index (χ2n) is 2.81. The fourth-order valence-electron chi connectivity index (χ4n) is 1.43. The standard InChI is InChI=1S/C7H15NO.ClH/c1-8-6-3-2-4-7(9)5-6;/h6-9H,2-5H2,1H3;1H/t6-,7-;/m1./s1. The normalized spacial score (nSPS) is 33.0. The van der Waals surface area contributed by atoms with E-state index in [9.17, 15) is 5.11 Å². The third kappa shape index (κ3) is 2.86. The lowest BCUT2D eigenvalue weighted by atomic mass is 9.93. The van der Waals surface area contributed by atoms with Gasteiger partial charge in [0, 0.05) is 6.04 Å². The van der Waals surface area contributed by atoms with Gasteiger partial charge in [0.15, 0.2) is 0 Å². The van der Waals surface area contributed by atoms with Crippen LogP contribution >= 0.6 is 12.4 Å². The van der Waals surface area contributed by atoms with Gasteiger partial charge >= 0.3 is 0 Å². The van der Waals surface area contributed by atoms with Crippen molar-refractivity contribution >= 4 is 12.4 Å². The van der Waals surface area contributed by atoms with Crippen LogP contribution in [-0.4, -0.2) is 24.3 Å². The summed E-state index contributed by atoms with van der Waals surface area (Å²) in [6.45, 7) is 0. The van der Waals surface area contributed by atoms with Crippen molar-refractivity contribution in [1.82, 2.24) is 5.32 Å². The fraction of sp³-hybridized carbons (Fsp3) is 1.00. The summed E-state index contributed by atoms with van der Waals surface area (Å²) in [6, 6.07) is 0.564. The number of aliphatic hydroxyl groups is 1. The van der Waals surface area contributed by atoms with Gasteiger partial charge < -0.3 is 10.4 Å². The van der Waals surface area contributed by atoms with E-state index >= 15 is 0 Å². The zero-order chi connectivity index (χ0) is 6.69. The maximum atomic E-state index is 9.17. The molecule has 0 aliphatic heterocycles. The second-order valence-corrected chi connectivity index (χ2v) is 2.81. The topological polar surface area (TPSA) is 32.3 Å². The number of hydrogen-bond acceptors (Lipinski definition) is 2. The molecule has 0 aromatic rings. The molecule has 2 N–H and O–H groups in total. The molecule has 0 bridgehead atoms. The van der Waals surface area contributed by atoms with Crippen LogP contribution in [0.5, 0.6) is 0 Å². The largest absolute Gasteiger partial charge is 0.393 e. The lowest BCUT2D eigenvalue weighted by Crippen LogP contribution is -2.33. The van der Waals surface area contributed by atoms with Crippen molar-refractivity contribution in [1.29, 1.82) is 0 Å². The van der Waals surface area contributed by atoms with E-state index in [0.29, 0.717) is 6.04 Å². The first kappa shape index (κ1) is 10.2. The Kier molecular flexibility index (Phi) is 5.04. The summed E-state index contributed by atoms with van der Waals surface area (Å²) >= 11 is 0. The van der Waals surface area contributed by atoms with E-state index in [4.69, 9.17) is 0 Å². The molecule has 0 spiro atoms. The molecule has 0 radical (unpaired) electrons. The molecule has 62 valence electrons. The number of hydrogen-bond donors (Lipinski definition) is 2. The summed E-state index contributed by atoms with van der Waals surface area (Å²) < 4.78 is 0. The van der Waals surface area contributed by atoms with Gasteiger partial charge in [0.25, 0.3) is 0 Å². The minimum Gasteiger partial charge on any atom is -0.393 e. The molecule has 1 rings (SSSR count). The highest BCUT2D eigenvalue weighted by Gasteiger charge is 2.17. The summed E-state index contributed by atoms with van der Waals surface area (Å²) in [5.74, 6) is 0. The minimum absolute atomic E-state index is 0. The van der Waals surface area contributed by atoms with E-state index in [1.54, 1.807) is 0 Å². The van der Waals surface area contributed by atoms with Gasteiger partial charge in [-0.3, -0.25) is 0 Å². The molecule has 0 unspecified atom stereocenters. The molecule has 2 atom stereocenters. The highest BCUT2D eigenvalue weighted by Crippen LogP contribution is 2.17. The van der Waals surface area contributed by atoms with E-state index in [1.807, 2.05) is 7.05 Å². The van der Waals surface area contributed by atoms with E-state index in [-0.39, 0.29) is 18.5 Å². The predicted octanol–water partition coefficient (Wildman–Crippen LogP) is 0.931. The van der Waals surface area contributed by atoms with Gasteiger partial charge in [0.2, 0.25) is 0 Å². The van der Waals surface area contributed by atoms with E-state index in [0.717, 1.165) is 12.8 Å². The summed E-state index contributed by atoms with van der Waals surface area (Å²) in [4.78, 5) is 0. The van der Waals surface area contributed by atoms with Gasteiger partial charge in [-0.2, -0.15) is 0 Å². The maximum Gasteiger partial charge on any atom is 0.0555 e. The van der Waals surface area contributed by atoms with Crippen molar-refractivity contribution in [2.45, 2.75) is 37.8 Å². The van der Waals surface area contributed by atoms with Crippen molar-refractivity contribution in [3.8, 4) is 0 Å². The molecule has 0 aromatic heterocycles. The predicted molar refractivity (Wildman–Crippen MR) is 44.6 cm³/mol. The highest BCUT2D eigenvalue weighted by atomic mass is 35.5. The van der Waals surface area contributed by atoms with Crippen LogP contribution in [0.25, 0.3) is 0 Å². The monoisotopic (exact) mass is 165 g/mol. The van der Waals surface area contributed by atoms with E-state index in [1.165, 1.54) is 12.8 Å². The van der Waals surface area contributed by atoms with Crippen molar-refractivity contribution in [2.75, 3.05) is 7.05 Å². The Bertz CT molecular complexity index is 89.7. The summed E-state index contributed by atoms with van der Waals surface area (Å²) in [7, 11) is 1.96. The lowest BCUT2D eigenvalue weighted by molar-refractivity contribution is 0.114. The lowest BCUT2D eigenvalue weighted by Gasteiger charge is -2.24. The first-order valence-electron chi connectivity index (χ1n) is 3.68. The molecule has 0 heterocycles. The van der Waals surface area contributed by atoms with Gasteiger partial charge in [-0.25, -0.2) is 0 Å². The second kappa shape index (κ2) is 4.94. The summed E-state index contributed by atoms with van der Waals surface area (Å²) in [5, 5.41) is 12.3. The quantitative estimate of drug-likeness (QED) is 0.606. The Morgan fingerprint density at radius 1 is 1.40 bits per heavy atom. The third-order valence-electron chi connectivity index (χ3n) is 2.05. The molecule has 0 saturated heterocycles. The molecule has 1 saturated carbocycles. The molecule has 1 fully saturated rings. The highest BCUT2D eigenvalue weighted by molar-refractivity contribution is 5.85. The number of nitrogens with one attached hydrogen (secondary N) is 1. The zero-order valence-corrected chi connectivity index (χ0v) is 7.16. The zero-order valence-electron chi connectivity index (χ0n) is 6.34. The van der Waals surface area contributed by atoms with Crippen molar-refractivity contribution in [2.24, 2.45) is 0 Å². The van der Waals surface area contributed by atoms with Gasteiger partial charge in [-0.05, 0) is 32.7 Å². The van der Waals surface area contributed by atoms with Crippen molar-refractivity contribution in [3.05, 3.63) is 0 Å². The van der Waals surface area contributed by atoms with Crippen LogP contribution < -0.4 is 5.32 Å². The molecule has 3 heteroatoms. The van der Waals surface area contributed by atoms with Crippen LogP contribution in [0.2, 0.25) is 0 Å². The maximum absolute atomic E-state index is 9.17. The van der Waals surface area contributed by atoms with Crippen LogP contribution in [0.15, 0.2) is 0 Å². The third-order valence-corrected chi connectivity index (χ3v) is 2.05. The Labute approximate surface area is 68.4 Å². The van der Waals surface area contributed by atoms with Crippen molar-refractivity contribution < 1.29 is 5.11 Å². The van der Waals surface area contributed by atoms with Crippen LogP contribution in [0, 0.1) is 0 Å². The van der Waals surface area contributed by atoms with Crippen LogP contribution in [-0.2, 0) is 0 Å². The fourth-order valence-corrected chi connectivity index (χ4v) is 1.43. The van der Waals surface area contributed by atoms with Crippen LogP contribution in [0.1, 0.15) is 25.7 Å². The average molecular weight is 166 g/mol. The summed E-state index contributed by atoms with van der Waals surface area (Å²) in [6.07, 6.45) is 4.30. The SMILES string of the molecule is CN[C@@H]1CCC[C@@H](O)C1.Cl. The van der Waals surface area contributed by atoms with Gasteiger partial charge in [0.1, 0.15) is 0 Å². The Balaban J connectivity index is 0.000000810. The minimum atomic E-state index is -0.0452. The molecule has 0 amide bonds. The van der Waals surface area contributed by atoms with Crippen LogP contribution in [0.4, 0.5) is 0 Å². The average Bonchev–Trinajstić information content (AvgIpc) is 1.88. The Morgan fingerprint density at radius 2 is 2.10 bits per heavy atom. The van der Waals surface area contributed by atoms with E-state index in [2.05, 4.69) is 5.32 Å². The van der Waals surface area contributed by atoms with Crippen LogP contribution in [0.3, 0.4) is 0 Å². The molecule has 1 aliphatic carbocycles. The number of halogens is 1. The van der Waals surface area contributed by atoms with Gasteiger partial charge in [-0.15, -0.1) is 12.4 Å². The molecule has 2 nitrogen and oxygen atoms in total.